The van der Waals surface area contributed by atoms with Gasteiger partial charge in [0.15, 0.2) is 0 Å². The molecule has 0 spiro atoms. The summed E-state index contributed by atoms with van der Waals surface area (Å²) in [5.74, 6) is 0.706. The van der Waals surface area contributed by atoms with E-state index in [0.717, 1.165) is 36.9 Å². The highest BCUT2D eigenvalue weighted by Gasteiger charge is 2.28. The molecule has 0 radical (unpaired) electrons. The van der Waals surface area contributed by atoms with Gasteiger partial charge in [0.2, 0.25) is 5.91 Å². The van der Waals surface area contributed by atoms with Crippen LogP contribution in [0.25, 0.3) is 16.6 Å². The summed E-state index contributed by atoms with van der Waals surface area (Å²) in [5.41, 5.74) is 2.13. The molecule has 5 nitrogen and oxygen atoms in total. The van der Waals surface area contributed by atoms with E-state index in [-0.39, 0.29) is 17.5 Å². The zero-order chi connectivity index (χ0) is 24.0. The Hall–Kier alpha value is -2.66. The van der Waals surface area contributed by atoms with E-state index in [0.29, 0.717) is 41.1 Å². The van der Waals surface area contributed by atoms with E-state index in [1.54, 1.807) is 16.7 Å². The van der Waals surface area contributed by atoms with Gasteiger partial charge in [-0.3, -0.25) is 14.2 Å². The van der Waals surface area contributed by atoms with Gasteiger partial charge in [0.25, 0.3) is 5.56 Å². The Bertz CT molecular complexity index is 1170. The normalized spacial score (nSPS) is 12.2. The van der Waals surface area contributed by atoms with Gasteiger partial charge in [-0.05, 0) is 62.6 Å². The topological polar surface area (TPSA) is 55.2 Å². The van der Waals surface area contributed by atoms with Crippen LogP contribution in [0.2, 0.25) is 5.02 Å². The standard InChI is InChI=1S/C27H34ClN3O2/c1-5-8-9-10-15-25(32)30(7-3)23(6-2)26-29-22-14-12-11-13-21(22)27(33)31(26)24-17-16-20(28)18-19(24)4/h11-14,16-18,23H,5-10,15H2,1-4H3. The Morgan fingerprint density at radius 2 is 1.85 bits per heavy atom. The molecular weight excluding hydrogens is 434 g/mol. The van der Waals surface area contributed by atoms with Crippen molar-refractivity contribution in [2.24, 2.45) is 0 Å². The third kappa shape index (κ3) is 5.47. The van der Waals surface area contributed by atoms with Crippen LogP contribution in [0.3, 0.4) is 0 Å². The summed E-state index contributed by atoms with van der Waals surface area (Å²) in [7, 11) is 0. The number of nitrogens with zero attached hydrogens (tertiary/aromatic N) is 3. The molecule has 33 heavy (non-hydrogen) atoms. The predicted octanol–water partition coefficient (Wildman–Crippen LogP) is 6.62. The Morgan fingerprint density at radius 3 is 2.52 bits per heavy atom. The van der Waals surface area contributed by atoms with Crippen LogP contribution in [-0.4, -0.2) is 26.9 Å². The number of para-hydroxylation sites is 1. The van der Waals surface area contributed by atoms with Crippen molar-refractivity contribution in [1.82, 2.24) is 14.5 Å². The number of carbonyl (C=O) groups excluding carboxylic acids is 1. The molecule has 0 fully saturated rings. The summed E-state index contributed by atoms with van der Waals surface area (Å²) in [4.78, 5) is 33.8. The number of fused-ring (bicyclic) bond motifs is 1. The molecule has 0 bridgehead atoms. The molecule has 0 aliphatic heterocycles. The maximum absolute atomic E-state index is 13.7. The lowest BCUT2D eigenvalue weighted by molar-refractivity contribution is -0.133. The monoisotopic (exact) mass is 467 g/mol. The summed E-state index contributed by atoms with van der Waals surface area (Å²) < 4.78 is 1.68. The first-order valence-electron chi connectivity index (χ1n) is 12.0. The molecule has 3 aromatic rings. The van der Waals surface area contributed by atoms with Crippen molar-refractivity contribution in [1.29, 1.82) is 0 Å². The number of hydrogen-bond donors (Lipinski definition) is 0. The molecule has 0 aliphatic rings. The SMILES string of the molecule is CCCCCCC(=O)N(CC)C(CC)c1nc2ccccc2c(=O)n1-c1ccc(Cl)cc1C. The van der Waals surface area contributed by atoms with Crippen LogP contribution < -0.4 is 5.56 Å². The number of hydrogen-bond acceptors (Lipinski definition) is 3. The second-order valence-electron chi connectivity index (χ2n) is 8.47. The van der Waals surface area contributed by atoms with Crippen LogP contribution in [0, 0.1) is 6.92 Å². The Balaban J connectivity index is 2.16. The Kier molecular flexibility index (Phi) is 8.67. The number of aromatic nitrogens is 2. The number of amides is 1. The predicted molar refractivity (Wildman–Crippen MR) is 136 cm³/mol. The first-order chi connectivity index (χ1) is 15.9. The number of halogens is 1. The maximum Gasteiger partial charge on any atom is 0.266 e. The molecule has 1 aromatic heterocycles. The number of benzene rings is 2. The smallest absolute Gasteiger partial charge is 0.266 e. The number of unbranched alkanes of at least 4 members (excludes halogenated alkanes) is 3. The van der Waals surface area contributed by atoms with Crippen LogP contribution in [0.4, 0.5) is 0 Å². The zero-order valence-corrected chi connectivity index (χ0v) is 20.9. The first kappa shape index (κ1) is 25.0. The highest BCUT2D eigenvalue weighted by molar-refractivity contribution is 6.30. The molecule has 0 N–H and O–H groups in total. The number of rotatable bonds is 10. The maximum atomic E-state index is 13.7. The third-order valence-electron chi connectivity index (χ3n) is 6.17. The molecule has 2 aromatic carbocycles. The summed E-state index contributed by atoms with van der Waals surface area (Å²) in [6, 6.07) is 12.6. The second kappa shape index (κ2) is 11.5. The van der Waals surface area contributed by atoms with Crippen molar-refractivity contribution < 1.29 is 4.79 Å². The van der Waals surface area contributed by atoms with Crippen LogP contribution in [0.15, 0.2) is 47.3 Å². The lowest BCUT2D eigenvalue weighted by atomic mass is 10.1. The molecule has 0 saturated carbocycles. The van der Waals surface area contributed by atoms with Crippen molar-refractivity contribution in [3.05, 3.63) is 69.2 Å². The average molecular weight is 468 g/mol. The minimum absolute atomic E-state index is 0.113. The summed E-state index contributed by atoms with van der Waals surface area (Å²) in [5, 5.41) is 1.17. The van der Waals surface area contributed by atoms with Gasteiger partial charge in [0, 0.05) is 18.0 Å². The minimum atomic E-state index is -0.305. The molecule has 1 amide bonds. The van der Waals surface area contributed by atoms with Gasteiger partial charge in [-0.2, -0.15) is 0 Å². The molecule has 1 heterocycles. The van der Waals surface area contributed by atoms with E-state index < -0.39 is 0 Å². The van der Waals surface area contributed by atoms with E-state index in [1.807, 2.05) is 56.0 Å². The number of aryl methyl sites for hydroxylation is 1. The molecule has 6 heteroatoms. The van der Waals surface area contributed by atoms with Gasteiger partial charge in [0.05, 0.1) is 22.6 Å². The quantitative estimate of drug-likeness (QED) is 0.315. The van der Waals surface area contributed by atoms with E-state index in [9.17, 15) is 9.59 Å². The van der Waals surface area contributed by atoms with Crippen LogP contribution >= 0.6 is 11.6 Å². The highest BCUT2D eigenvalue weighted by Crippen LogP contribution is 2.28. The van der Waals surface area contributed by atoms with Crippen molar-refractivity contribution in [2.45, 2.75) is 72.3 Å². The lowest BCUT2D eigenvalue weighted by Gasteiger charge is -2.32. The molecule has 0 aliphatic carbocycles. The Morgan fingerprint density at radius 1 is 1.09 bits per heavy atom. The van der Waals surface area contributed by atoms with Gasteiger partial charge in [-0.15, -0.1) is 0 Å². The third-order valence-corrected chi connectivity index (χ3v) is 6.40. The van der Waals surface area contributed by atoms with Crippen molar-refractivity contribution in [3.8, 4) is 5.69 Å². The Labute approximate surface area is 201 Å². The van der Waals surface area contributed by atoms with Gasteiger partial charge in [0.1, 0.15) is 5.82 Å². The van der Waals surface area contributed by atoms with Crippen molar-refractivity contribution in [2.75, 3.05) is 6.54 Å². The van der Waals surface area contributed by atoms with Crippen LogP contribution in [0.1, 0.15) is 76.7 Å². The van der Waals surface area contributed by atoms with Crippen LogP contribution in [0.5, 0.6) is 0 Å². The lowest BCUT2D eigenvalue weighted by Crippen LogP contribution is -2.38. The molecular formula is C27H34ClN3O2. The summed E-state index contributed by atoms with van der Waals surface area (Å²) in [6.07, 6.45) is 5.39. The van der Waals surface area contributed by atoms with Crippen molar-refractivity contribution in [3.63, 3.8) is 0 Å². The first-order valence-corrected chi connectivity index (χ1v) is 12.4. The highest BCUT2D eigenvalue weighted by atomic mass is 35.5. The largest absolute Gasteiger partial charge is 0.333 e. The van der Waals surface area contributed by atoms with E-state index in [1.165, 1.54) is 0 Å². The fourth-order valence-corrected chi connectivity index (χ4v) is 4.66. The molecule has 1 atom stereocenters. The molecule has 176 valence electrons. The molecule has 1 unspecified atom stereocenters. The van der Waals surface area contributed by atoms with Gasteiger partial charge >= 0.3 is 0 Å². The van der Waals surface area contributed by atoms with E-state index in [2.05, 4.69) is 6.92 Å². The molecule has 0 saturated heterocycles. The summed E-state index contributed by atoms with van der Waals surface area (Å²) in [6.45, 7) is 8.69. The second-order valence-corrected chi connectivity index (χ2v) is 8.91. The zero-order valence-electron chi connectivity index (χ0n) is 20.1. The minimum Gasteiger partial charge on any atom is -0.333 e. The van der Waals surface area contributed by atoms with E-state index in [4.69, 9.17) is 16.6 Å². The van der Waals surface area contributed by atoms with Gasteiger partial charge in [-0.25, -0.2) is 4.98 Å². The van der Waals surface area contributed by atoms with Crippen LogP contribution in [-0.2, 0) is 4.79 Å². The van der Waals surface area contributed by atoms with E-state index >= 15 is 0 Å². The average Bonchev–Trinajstić information content (AvgIpc) is 2.81. The van der Waals surface area contributed by atoms with Crippen molar-refractivity contribution >= 4 is 28.4 Å². The van der Waals surface area contributed by atoms with Gasteiger partial charge < -0.3 is 4.90 Å². The molecule has 3 rings (SSSR count). The van der Waals surface area contributed by atoms with Gasteiger partial charge in [-0.1, -0.05) is 56.8 Å². The number of carbonyl (C=O) groups is 1. The fraction of sp³-hybridized carbons (Fsp3) is 0.444. The summed E-state index contributed by atoms with van der Waals surface area (Å²) >= 11 is 6.20. The fourth-order valence-electron chi connectivity index (χ4n) is 4.44.